The van der Waals surface area contributed by atoms with E-state index in [-0.39, 0.29) is 17.7 Å². The van der Waals surface area contributed by atoms with Gasteiger partial charge in [-0.1, -0.05) is 22.9 Å². The Morgan fingerprint density at radius 1 is 1.19 bits per heavy atom. The molecule has 0 bridgehead atoms. The van der Waals surface area contributed by atoms with Gasteiger partial charge in [-0.25, -0.2) is 4.98 Å². The Balaban J connectivity index is 1.39. The van der Waals surface area contributed by atoms with Gasteiger partial charge < -0.3 is 10.2 Å². The van der Waals surface area contributed by atoms with Gasteiger partial charge in [0, 0.05) is 30.0 Å². The normalized spacial score (nSPS) is 15.1. The van der Waals surface area contributed by atoms with Gasteiger partial charge in [-0.05, 0) is 43.2 Å². The summed E-state index contributed by atoms with van der Waals surface area (Å²) in [6.45, 7) is 1.09. The first-order valence-electron chi connectivity index (χ1n) is 8.53. The smallest absolute Gasteiger partial charge is 0.253 e. The zero-order chi connectivity index (χ0) is 18.8. The number of anilines is 1. The van der Waals surface area contributed by atoms with Crippen molar-refractivity contribution in [2.45, 2.75) is 12.8 Å². The van der Waals surface area contributed by atoms with Crippen molar-refractivity contribution in [3.8, 4) is 0 Å². The molecule has 0 saturated carbocycles. The predicted octanol–water partition coefficient (Wildman–Crippen LogP) is 3.23. The maximum absolute atomic E-state index is 12.8. The van der Waals surface area contributed by atoms with Crippen LogP contribution in [0, 0.1) is 5.92 Å². The van der Waals surface area contributed by atoms with Crippen LogP contribution in [0.5, 0.6) is 0 Å². The molecule has 1 saturated heterocycles. The molecule has 4 rings (SSSR count). The summed E-state index contributed by atoms with van der Waals surface area (Å²) in [6, 6.07) is 8.96. The lowest BCUT2D eigenvalue weighted by molar-refractivity contribution is -0.121. The van der Waals surface area contributed by atoms with Crippen molar-refractivity contribution in [1.29, 1.82) is 0 Å². The Labute approximate surface area is 164 Å². The Morgan fingerprint density at radius 3 is 2.74 bits per heavy atom. The summed E-state index contributed by atoms with van der Waals surface area (Å²) in [7, 11) is 0. The van der Waals surface area contributed by atoms with E-state index in [1.54, 1.807) is 28.6 Å². The van der Waals surface area contributed by atoms with Crippen LogP contribution in [0.3, 0.4) is 0 Å². The Bertz CT molecular complexity index is 987. The van der Waals surface area contributed by atoms with E-state index >= 15 is 0 Å². The second kappa shape index (κ2) is 7.58. The molecule has 2 amide bonds. The van der Waals surface area contributed by atoms with Crippen LogP contribution in [0.15, 0.2) is 35.8 Å². The summed E-state index contributed by atoms with van der Waals surface area (Å²) in [4.78, 5) is 31.1. The average molecular weight is 402 g/mol. The Kier molecular flexibility index (Phi) is 5.00. The highest BCUT2D eigenvalue weighted by atomic mass is 35.5. The van der Waals surface area contributed by atoms with Gasteiger partial charge in [-0.3, -0.25) is 9.59 Å². The van der Waals surface area contributed by atoms with Gasteiger partial charge in [0.25, 0.3) is 5.91 Å². The molecule has 1 fully saturated rings. The number of amides is 2. The van der Waals surface area contributed by atoms with Gasteiger partial charge in [0.1, 0.15) is 10.7 Å². The number of likely N-dealkylation sites (tertiary alicyclic amines) is 1. The molecule has 9 heteroatoms. The van der Waals surface area contributed by atoms with E-state index in [1.807, 2.05) is 12.1 Å². The lowest BCUT2D eigenvalue weighted by Crippen LogP contribution is -2.41. The zero-order valence-electron chi connectivity index (χ0n) is 14.3. The summed E-state index contributed by atoms with van der Waals surface area (Å²) in [5.41, 5.74) is 2.94. The van der Waals surface area contributed by atoms with Crippen LogP contribution in [-0.2, 0) is 4.79 Å². The Hall–Kier alpha value is -2.58. The van der Waals surface area contributed by atoms with Gasteiger partial charge >= 0.3 is 0 Å². The molecule has 3 aromatic rings. The molecule has 7 nitrogen and oxygen atoms in total. The maximum Gasteiger partial charge on any atom is 0.253 e. The van der Waals surface area contributed by atoms with Crippen molar-refractivity contribution >= 4 is 50.8 Å². The monoisotopic (exact) mass is 401 g/mol. The van der Waals surface area contributed by atoms with Crippen LogP contribution in [0.25, 0.3) is 10.9 Å². The van der Waals surface area contributed by atoms with E-state index in [1.165, 1.54) is 11.3 Å². The van der Waals surface area contributed by atoms with Crippen LogP contribution in [0.1, 0.15) is 23.2 Å². The summed E-state index contributed by atoms with van der Waals surface area (Å²) in [6.07, 6.45) is 1.25. The van der Waals surface area contributed by atoms with Gasteiger partial charge in [0.15, 0.2) is 0 Å². The van der Waals surface area contributed by atoms with E-state index in [0.29, 0.717) is 41.8 Å². The lowest BCUT2D eigenvalue weighted by atomic mass is 9.95. The molecule has 1 aliphatic heterocycles. The fourth-order valence-corrected chi connectivity index (χ4v) is 3.80. The third-order valence-corrected chi connectivity index (χ3v) is 5.46. The SMILES string of the molecule is O=C(Nc1nncs1)C1CCN(C(=O)c2ccc3nc(Cl)ccc3c2)CC1. The van der Waals surface area contributed by atoms with Crippen LogP contribution >= 0.6 is 22.9 Å². The molecule has 1 aliphatic rings. The van der Waals surface area contributed by atoms with Gasteiger partial charge in [-0.15, -0.1) is 10.2 Å². The highest BCUT2D eigenvalue weighted by molar-refractivity contribution is 7.13. The highest BCUT2D eigenvalue weighted by Crippen LogP contribution is 2.23. The van der Waals surface area contributed by atoms with Crippen molar-refractivity contribution in [2.75, 3.05) is 18.4 Å². The number of halogens is 1. The van der Waals surface area contributed by atoms with Gasteiger partial charge in [0.05, 0.1) is 5.52 Å². The number of pyridine rings is 1. The summed E-state index contributed by atoms with van der Waals surface area (Å²) in [5.74, 6) is -0.219. The molecule has 2 aromatic heterocycles. The molecule has 27 heavy (non-hydrogen) atoms. The molecule has 1 N–H and O–H groups in total. The molecule has 0 aliphatic carbocycles. The number of rotatable bonds is 3. The molecule has 0 atom stereocenters. The van der Waals surface area contributed by atoms with Crippen LogP contribution in [0.4, 0.5) is 5.13 Å². The average Bonchev–Trinajstić information content (AvgIpc) is 3.20. The van der Waals surface area contributed by atoms with Crippen LogP contribution < -0.4 is 5.32 Å². The number of aromatic nitrogens is 3. The minimum Gasteiger partial charge on any atom is -0.339 e. The Morgan fingerprint density at radius 2 is 2.00 bits per heavy atom. The molecule has 3 heterocycles. The number of fused-ring (bicyclic) bond motifs is 1. The first-order chi connectivity index (χ1) is 13.1. The number of nitrogens with zero attached hydrogens (tertiary/aromatic N) is 4. The zero-order valence-corrected chi connectivity index (χ0v) is 15.8. The predicted molar refractivity (Wildman–Crippen MR) is 104 cm³/mol. The van der Waals surface area contributed by atoms with Crippen LogP contribution in [0.2, 0.25) is 5.15 Å². The van der Waals surface area contributed by atoms with Crippen molar-refractivity contribution in [3.63, 3.8) is 0 Å². The van der Waals surface area contributed by atoms with Gasteiger partial charge in [-0.2, -0.15) is 0 Å². The molecular weight excluding hydrogens is 386 g/mol. The molecule has 0 unspecified atom stereocenters. The minimum absolute atomic E-state index is 0.0326. The highest BCUT2D eigenvalue weighted by Gasteiger charge is 2.28. The number of hydrogen-bond acceptors (Lipinski definition) is 6. The maximum atomic E-state index is 12.8. The molecule has 138 valence electrons. The molecule has 0 radical (unpaired) electrons. The fraction of sp³-hybridized carbons (Fsp3) is 0.278. The van der Waals surface area contributed by atoms with E-state index in [0.717, 1.165) is 10.9 Å². The minimum atomic E-state index is -0.124. The third kappa shape index (κ3) is 3.91. The standard InChI is InChI=1S/C18H16ClN5O2S/c19-15-4-2-12-9-13(1-3-14(12)21-15)17(26)24-7-5-11(6-8-24)16(25)22-18-23-20-10-27-18/h1-4,9-11H,5-8H2,(H,22,23,25). The molecule has 0 spiro atoms. The van der Waals surface area contributed by atoms with Crippen LogP contribution in [-0.4, -0.2) is 45.0 Å². The van der Waals surface area contributed by atoms with Gasteiger partial charge in [0.2, 0.25) is 11.0 Å². The topological polar surface area (TPSA) is 88.1 Å². The number of carbonyl (C=O) groups is 2. The summed E-state index contributed by atoms with van der Waals surface area (Å²) in [5, 5.41) is 12.1. The summed E-state index contributed by atoms with van der Waals surface area (Å²) >= 11 is 7.19. The second-order valence-electron chi connectivity index (χ2n) is 6.34. The first kappa shape index (κ1) is 17.8. The molecular formula is C18H16ClN5O2S. The summed E-state index contributed by atoms with van der Waals surface area (Å²) < 4.78 is 0. The first-order valence-corrected chi connectivity index (χ1v) is 9.78. The van der Waals surface area contributed by atoms with Crippen molar-refractivity contribution in [3.05, 3.63) is 46.6 Å². The third-order valence-electron chi connectivity index (χ3n) is 4.65. The lowest BCUT2D eigenvalue weighted by Gasteiger charge is -2.31. The van der Waals surface area contributed by atoms with E-state index in [9.17, 15) is 9.59 Å². The number of nitrogens with one attached hydrogen (secondary N) is 1. The largest absolute Gasteiger partial charge is 0.339 e. The number of piperidine rings is 1. The number of carbonyl (C=O) groups excluding carboxylic acids is 2. The van der Waals surface area contributed by atoms with Crippen molar-refractivity contribution < 1.29 is 9.59 Å². The molecule has 1 aromatic carbocycles. The quantitative estimate of drug-likeness (QED) is 0.680. The van der Waals surface area contributed by atoms with Crippen molar-refractivity contribution in [2.24, 2.45) is 5.92 Å². The van der Waals surface area contributed by atoms with E-state index < -0.39 is 0 Å². The number of benzene rings is 1. The van der Waals surface area contributed by atoms with E-state index in [4.69, 9.17) is 11.6 Å². The van der Waals surface area contributed by atoms with Crippen molar-refractivity contribution in [1.82, 2.24) is 20.1 Å². The second-order valence-corrected chi connectivity index (χ2v) is 7.56. The fourth-order valence-electron chi connectivity index (χ4n) is 3.20. The number of hydrogen-bond donors (Lipinski definition) is 1. The van der Waals surface area contributed by atoms with E-state index in [2.05, 4.69) is 20.5 Å².